The molecule has 3 heteroatoms. The smallest absolute Gasteiger partial charge is 0.280 e. The number of carbonyl (C=O) groups excluding carboxylic acids is 1. The van der Waals surface area contributed by atoms with Gasteiger partial charge in [0.25, 0.3) is 5.24 Å². The molecule has 0 bridgehead atoms. The molecule has 1 N–H and O–H groups in total. The second-order valence-electron chi connectivity index (χ2n) is 4.54. The molecule has 16 heavy (non-hydrogen) atoms. The molecule has 0 aromatic rings. The van der Waals surface area contributed by atoms with E-state index in [1.165, 1.54) is 11.8 Å². The van der Waals surface area contributed by atoms with Crippen LogP contribution in [0.4, 0.5) is 4.79 Å². The van der Waals surface area contributed by atoms with Gasteiger partial charge in [-0.05, 0) is 39.5 Å². The quantitative estimate of drug-likeness (QED) is 0.754. The van der Waals surface area contributed by atoms with Crippen LogP contribution in [-0.2, 0) is 0 Å². The van der Waals surface area contributed by atoms with Crippen LogP contribution in [0.25, 0.3) is 0 Å². The van der Waals surface area contributed by atoms with Gasteiger partial charge in [0.15, 0.2) is 0 Å². The Morgan fingerprint density at radius 1 is 1.69 bits per heavy atom. The lowest BCUT2D eigenvalue weighted by molar-refractivity contribution is 0.258. The van der Waals surface area contributed by atoms with Gasteiger partial charge in [-0.25, -0.2) is 0 Å². The first-order chi connectivity index (χ1) is 7.58. The van der Waals surface area contributed by atoms with Crippen molar-refractivity contribution in [1.82, 2.24) is 5.32 Å². The molecule has 0 spiro atoms. The van der Waals surface area contributed by atoms with Gasteiger partial charge in [0.05, 0.1) is 0 Å². The maximum absolute atomic E-state index is 11.8. The van der Waals surface area contributed by atoms with Crippen molar-refractivity contribution in [3.05, 3.63) is 24.8 Å². The summed E-state index contributed by atoms with van der Waals surface area (Å²) in [4.78, 5) is 11.8. The molecule has 2 nitrogen and oxygen atoms in total. The number of amides is 1. The van der Waals surface area contributed by atoms with Crippen LogP contribution in [-0.4, -0.2) is 16.0 Å². The van der Waals surface area contributed by atoms with E-state index in [1.807, 2.05) is 19.9 Å². The first-order valence-corrected chi connectivity index (χ1v) is 6.68. The molecule has 0 heterocycles. The molecular weight excluding hydrogens is 218 g/mol. The summed E-state index contributed by atoms with van der Waals surface area (Å²) in [5.41, 5.74) is 0. The zero-order valence-electron chi connectivity index (χ0n) is 10.2. The summed E-state index contributed by atoms with van der Waals surface area (Å²) in [5.74, 6) is 0. The fraction of sp³-hybridized carbons (Fsp3) is 0.615. The average molecular weight is 239 g/mol. The van der Waals surface area contributed by atoms with Gasteiger partial charge >= 0.3 is 0 Å². The fourth-order valence-electron chi connectivity index (χ4n) is 1.89. The van der Waals surface area contributed by atoms with Crippen molar-refractivity contribution in [3.63, 3.8) is 0 Å². The van der Waals surface area contributed by atoms with Crippen LogP contribution < -0.4 is 5.32 Å². The van der Waals surface area contributed by atoms with Crippen molar-refractivity contribution in [1.29, 1.82) is 0 Å². The van der Waals surface area contributed by atoms with E-state index in [0.29, 0.717) is 0 Å². The van der Waals surface area contributed by atoms with E-state index in [9.17, 15) is 4.79 Å². The molecule has 1 amide bonds. The Bertz CT molecular complexity index is 286. The second-order valence-corrected chi connectivity index (χ2v) is 5.93. The number of nitrogens with one attached hydrogen (secondary N) is 1. The average Bonchev–Trinajstić information content (AvgIpc) is 2.17. The fourth-order valence-corrected chi connectivity index (χ4v) is 3.17. The minimum Gasteiger partial charge on any atom is -0.345 e. The molecular formula is C13H21NOS. The third-order valence-electron chi connectivity index (χ3n) is 2.58. The van der Waals surface area contributed by atoms with Crippen LogP contribution in [0.2, 0.25) is 0 Å². The Labute approximate surface area is 103 Å². The van der Waals surface area contributed by atoms with Crippen molar-refractivity contribution in [3.8, 4) is 0 Å². The van der Waals surface area contributed by atoms with Gasteiger partial charge in [-0.3, -0.25) is 4.79 Å². The molecule has 0 saturated carbocycles. The highest BCUT2D eigenvalue weighted by atomic mass is 32.2. The van der Waals surface area contributed by atoms with E-state index in [0.717, 1.165) is 25.7 Å². The summed E-state index contributed by atoms with van der Waals surface area (Å²) in [5, 5.41) is 3.00. The lowest BCUT2D eigenvalue weighted by Gasteiger charge is -2.31. The molecule has 1 rings (SSSR count). The number of thioether (sulfide) groups is 1. The highest BCUT2D eigenvalue weighted by Gasteiger charge is 2.31. The Balaban J connectivity index is 2.63. The summed E-state index contributed by atoms with van der Waals surface area (Å²) in [6, 6.07) is 0.202. The largest absolute Gasteiger partial charge is 0.345 e. The minimum atomic E-state index is -0.0566. The Morgan fingerprint density at radius 2 is 2.44 bits per heavy atom. The van der Waals surface area contributed by atoms with Gasteiger partial charge in [-0.1, -0.05) is 30.0 Å². The standard InChI is InChI=1S/C13H21NOS/c1-4-8-13(9-6-5-7-10-13)16-12(15)14-11(2)3/h4,6,9,11H,1,5,7-8,10H2,2-3H3,(H,14,15). The SMILES string of the molecule is C=CCC1(SC(=O)NC(C)C)C=CCCC1. The Hall–Kier alpha value is -0.700. The molecule has 1 aliphatic rings. The van der Waals surface area contributed by atoms with Crippen LogP contribution in [0.3, 0.4) is 0 Å². The van der Waals surface area contributed by atoms with E-state index < -0.39 is 0 Å². The molecule has 1 unspecified atom stereocenters. The topological polar surface area (TPSA) is 29.1 Å². The first-order valence-electron chi connectivity index (χ1n) is 5.86. The van der Waals surface area contributed by atoms with Crippen LogP contribution in [0.5, 0.6) is 0 Å². The molecule has 0 radical (unpaired) electrons. The molecule has 0 saturated heterocycles. The maximum atomic E-state index is 11.8. The normalized spacial score (nSPS) is 24.4. The highest BCUT2D eigenvalue weighted by Crippen LogP contribution is 2.39. The minimum absolute atomic E-state index is 0.0566. The number of rotatable bonds is 4. The Morgan fingerprint density at radius 3 is 2.94 bits per heavy atom. The molecule has 90 valence electrons. The van der Waals surface area contributed by atoms with Gasteiger partial charge in [0.1, 0.15) is 0 Å². The van der Waals surface area contributed by atoms with Gasteiger partial charge < -0.3 is 5.32 Å². The van der Waals surface area contributed by atoms with Crippen LogP contribution in [0, 0.1) is 0 Å². The van der Waals surface area contributed by atoms with Crippen molar-refractivity contribution >= 4 is 17.0 Å². The van der Waals surface area contributed by atoms with Crippen molar-refractivity contribution in [2.45, 2.75) is 50.3 Å². The van der Waals surface area contributed by atoms with E-state index in [2.05, 4.69) is 24.0 Å². The predicted molar refractivity (Wildman–Crippen MR) is 71.8 cm³/mol. The van der Waals surface area contributed by atoms with E-state index in [4.69, 9.17) is 0 Å². The van der Waals surface area contributed by atoms with Crippen LogP contribution in [0.15, 0.2) is 24.8 Å². The van der Waals surface area contributed by atoms with E-state index in [-0.39, 0.29) is 16.0 Å². The zero-order valence-corrected chi connectivity index (χ0v) is 11.0. The summed E-state index contributed by atoms with van der Waals surface area (Å²) in [7, 11) is 0. The van der Waals surface area contributed by atoms with E-state index >= 15 is 0 Å². The monoisotopic (exact) mass is 239 g/mol. The third-order valence-corrected chi connectivity index (χ3v) is 3.80. The second kappa shape index (κ2) is 6.14. The molecule has 0 aromatic carbocycles. The van der Waals surface area contributed by atoms with Crippen molar-refractivity contribution < 1.29 is 4.79 Å². The number of allylic oxidation sites excluding steroid dienone is 2. The lowest BCUT2D eigenvalue weighted by Crippen LogP contribution is -2.33. The number of hydrogen-bond acceptors (Lipinski definition) is 2. The Kier molecular flexibility index (Phi) is 5.13. The zero-order chi connectivity index (χ0) is 12.0. The number of carbonyl (C=O) groups is 1. The molecule has 0 aliphatic heterocycles. The molecule has 0 fully saturated rings. The van der Waals surface area contributed by atoms with Crippen LogP contribution in [0.1, 0.15) is 39.5 Å². The summed E-state index contributed by atoms with van der Waals surface area (Å²) in [6.07, 6.45) is 10.5. The van der Waals surface area contributed by atoms with Gasteiger partial charge in [-0.15, -0.1) is 6.58 Å². The number of hydrogen-bond donors (Lipinski definition) is 1. The molecule has 1 atom stereocenters. The molecule has 1 aliphatic carbocycles. The maximum Gasteiger partial charge on any atom is 0.280 e. The highest BCUT2D eigenvalue weighted by molar-refractivity contribution is 8.14. The summed E-state index contributed by atoms with van der Waals surface area (Å²) < 4.78 is -0.0566. The van der Waals surface area contributed by atoms with Crippen molar-refractivity contribution in [2.24, 2.45) is 0 Å². The third kappa shape index (κ3) is 4.05. The van der Waals surface area contributed by atoms with E-state index in [1.54, 1.807) is 0 Å². The predicted octanol–water partition coefficient (Wildman–Crippen LogP) is 3.89. The first kappa shape index (κ1) is 13.4. The van der Waals surface area contributed by atoms with Gasteiger partial charge in [-0.2, -0.15) is 0 Å². The molecule has 0 aromatic heterocycles. The van der Waals surface area contributed by atoms with Gasteiger partial charge in [0, 0.05) is 10.8 Å². The lowest BCUT2D eigenvalue weighted by atomic mass is 9.92. The van der Waals surface area contributed by atoms with Crippen LogP contribution >= 0.6 is 11.8 Å². The summed E-state index contributed by atoms with van der Waals surface area (Å²) >= 11 is 1.41. The summed E-state index contributed by atoms with van der Waals surface area (Å²) in [6.45, 7) is 7.75. The van der Waals surface area contributed by atoms with Gasteiger partial charge in [0.2, 0.25) is 0 Å². The van der Waals surface area contributed by atoms with Crippen molar-refractivity contribution in [2.75, 3.05) is 0 Å².